The topological polar surface area (TPSA) is 21.3 Å². The van der Waals surface area contributed by atoms with Crippen LogP contribution in [0.3, 0.4) is 0 Å². The normalized spacial score (nSPS) is 12.9. The Kier molecular flexibility index (Phi) is 7.76. The van der Waals surface area contributed by atoms with E-state index in [1.54, 1.807) is 0 Å². The van der Waals surface area contributed by atoms with E-state index in [4.69, 9.17) is 4.74 Å². The number of hydrogen-bond acceptors (Lipinski definition) is 2. The van der Waals surface area contributed by atoms with Gasteiger partial charge in [-0.3, -0.25) is 0 Å². The van der Waals surface area contributed by atoms with Gasteiger partial charge in [0.2, 0.25) is 0 Å². The summed E-state index contributed by atoms with van der Waals surface area (Å²) in [4.78, 5) is 0. The molecule has 1 aromatic rings. The maximum absolute atomic E-state index is 5.53. The van der Waals surface area contributed by atoms with Crippen LogP contribution in [0.1, 0.15) is 57.7 Å². The molecule has 0 aliphatic rings. The maximum Gasteiger partial charge on any atom is 0.0518 e. The van der Waals surface area contributed by atoms with E-state index >= 15 is 0 Å². The highest BCUT2D eigenvalue weighted by molar-refractivity contribution is 5.24. The summed E-state index contributed by atoms with van der Waals surface area (Å²) >= 11 is 0. The molecule has 0 saturated carbocycles. The molecule has 0 fully saturated rings. The Labute approximate surface area is 118 Å². The summed E-state index contributed by atoms with van der Waals surface area (Å²) in [6.45, 7) is 10.4. The number of aryl methyl sites for hydroxylation is 1. The highest BCUT2D eigenvalue weighted by Gasteiger charge is 2.04. The highest BCUT2D eigenvalue weighted by atomic mass is 16.5. The lowest BCUT2D eigenvalue weighted by molar-refractivity contribution is 0.0768. The lowest BCUT2D eigenvalue weighted by Crippen LogP contribution is -2.21. The quantitative estimate of drug-likeness (QED) is 0.677. The standard InChI is InChI=1S/C17H29NO/c1-5-7-16-8-10-17(11-9-16)15(4)18-12-6-13-19-14(2)3/h8-11,14-15,18H,5-7,12-13H2,1-4H3. The van der Waals surface area contributed by atoms with Gasteiger partial charge in [-0.25, -0.2) is 0 Å². The minimum absolute atomic E-state index is 0.337. The molecule has 1 N–H and O–H groups in total. The lowest BCUT2D eigenvalue weighted by atomic mass is 10.0. The van der Waals surface area contributed by atoms with Crippen molar-refractivity contribution in [3.8, 4) is 0 Å². The van der Waals surface area contributed by atoms with Crippen molar-refractivity contribution in [1.82, 2.24) is 5.32 Å². The van der Waals surface area contributed by atoms with Crippen LogP contribution in [0.2, 0.25) is 0 Å². The fourth-order valence-electron chi connectivity index (χ4n) is 2.09. The summed E-state index contributed by atoms with van der Waals surface area (Å²) < 4.78 is 5.53. The summed E-state index contributed by atoms with van der Waals surface area (Å²) in [6.07, 6.45) is 3.79. The largest absolute Gasteiger partial charge is 0.379 e. The zero-order valence-electron chi connectivity index (χ0n) is 12.9. The Morgan fingerprint density at radius 3 is 2.37 bits per heavy atom. The molecular weight excluding hydrogens is 234 g/mol. The molecule has 0 bridgehead atoms. The second-order valence-corrected chi connectivity index (χ2v) is 5.44. The Bertz CT molecular complexity index is 332. The molecule has 0 radical (unpaired) electrons. The monoisotopic (exact) mass is 263 g/mol. The Balaban J connectivity index is 2.26. The van der Waals surface area contributed by atoms with Gasteiger partial charge < -0.3 is 10.1 Å². The number of nitrogens with one attached hydrogen (secondary N) is 1. The third kappa shape index (κ3) is 6.74. The van der Waals surface area contributed by atoms with E-state index < -0.39 is 0 Å². The van der Waals surface area contributed by atoms with Crippen molar-refractivity contribution in [1.29, 1.82) is 0 Å². The molecule has 2 heteroatoms. The molecule has 0 aliphatic carbocycles. The van der Waals surface area contributed by atoms with Crippen molar-refractivity contribution in [2.75, 3.05) is 13.2 Å². The van der Waals surface area contributed by atoms with E-state index in [2.05, 4.69) is 57.3 Å². The van der Waals surface area contributed by atoms with Gasteiger partial charge >= 0.3 is 0 Å². The van der Waals surface area contributed by atoms with Gasteiger partial charge in [-0.15, -0.1) is 0 Å². The summed E-state index contributed by atoms with van der Waals surface area (Å²) in [7, 11) is 0. The van der Waals surface area contributed by atoms with Gasteiger partial charge in [-0.2, -0.15) is 0 Å². The van der Waals surface area contributed by atoms with Crippen molar-refractivity contribution < 1.29 is 4.74 Å². The summed E-state index contributed by atoms with van der Waals surface area (Å²) in [5.74, 6) is 0. The highest BCUT2D eigenvalue weighted by Crippen LogP contribution is 2.14. The predicted molar refractivity (Wildman–Crippen MR) is 82.6 cm³/mol. The molecule has 0 spiro atoms. The number of benzene rings is 1. The first kappa shape index (κ1) is 16.2. The lowest BCUT2D eigenvalue weighted by Gasteiger charge is -2.15. The third-order valence-corrected chi connectivity index (χ3v) is 3.24. The molecule has 1 unspecified atom stereocenters. The van der Waals surface area contributed by atoms with Crippen molar-refractivity contribution >= 4 is 0 Å². The van der Waals surface area contributed by atoms with Crippen molar-refractivity contribution in [3.05, 3.63) is 35.4 Å². The second-order valence-electron chi connectivity index (χ2n) is 5.44. The van der Waals surface area contributed by atoms with Crippen LogP contribution in [0.25, 0.3) is 0 Å². The van der Waals surface area contributed by atoms with Gasteiger partial charge in [0.25, 0.3) is 0 Å². The van der Waals surface area contributed by atoms with Crippen LogP contribution >= 0.6 is 0 Å². The third-order valence-electron chi connectivity index (χ3n) is 3.24. The Morgan fingerprint density at radius 2 is 1.79 bits per heavy atom. The van der Waals surface area contributed by atoms with Gasteiger partial charge in [0.15, 0.2) is 0 Å². The number of ether oxygens (including phenoxy) is 1. The average Bonchev–Trinajstić information content (AvgIpc) is 2.39. The summed E-state index contributed by atoms with van der Waals surface area (Å²) in [5.41, 5.74) is 2.80. The van der Waals surface area contributed by atoms with Crippen molar-refractivity contribution in [2.45, 2.75) is 59.1 Å². The van der Waals surface area contributed by atoms with E-state index in [9.17, 15) is 0 Å². The first-order chi connectivity index (χ1) is 9.13. The zero-order valence-corrected chi connectivity index (χ0v) is 12.9. The van der Waals surface area contributed by atoms with Crippen LogP contribution in [-0.2, 0) is 11.2 Å². The first-order valence-electron chi connectivity index (χ1n) is 7.57. The van der Waals surface area contributed by atoms with Gasteiger partial charge in [-0.1, -0.05) is 37.6 Å². The van der Waals surface area contributed by atoms with E-state index in [0.717, 1.165) is 19.6 Å². The molecule has 0 amide bonds. The molecular formula is C17H29NO. The fraction of sp³-hybridized carbons (Fsp3) is 0.647. The predicted octanol–water partition coefficient (Wildman–Crippen LogP) is 4.10. The van der Waals surface area contributed by atoms with Crippen molar-refractivity contribution in [2.24, 2.45) is 0 Å². The van der Waals surface area contributed by atoms with Gasteiger partial charge in [0.05, 0.1) is 6.10 Å². The molecule has 0 heterocycles. The van der Waals surface area contributed by atoms with Crippen LogP contribution in [-0.4, -0.2) is 19.3 Å². The fourth-order valence-corrected chi connectivity index (χ4v) is 2.09. The molecule has 1 aromatic carbocycles. The van der Waals surface area contributed by atoms with Crippen molar-refractivity contribution in [3.63, 3.8) is 0 Å². The number of hydrogen-bond donors (Lipinski definition) is 1. The minimum Gasteiger partial charge on any atom is -0.379 e. The van der Waals surface area contributed by atoms with E-state index in [1.807, 2.05) is 0 Å². The van der Waals surface area contributed by atoms with E-state index in [0.29, 0.717) is 12.1 Å². The molecule has 0 aliphatic heterocycles. The zero-order chi connectivity index (χ0) is 14.1. The maximum atomic E-state index is 5.53. The molecule has 1 rings (SSSR count). The molecule has 0 aromatic heterocycles. The summed E-state index contributed by atoms with van der Waals surface area (Å²) in [6, 6.07) is 9.40. The van der Waals surface area contributed by atoms with Crippen LogP contribution in [0.15, 0.2) is 24.3 Å². The summed E-state index contributed by atoms with van der Waals surface area (Å²) in [5, 5.41) is 3.54. The van der Waals surface area contributed by atoms with Gasteiger partial charge in [0.1, 0.15) is 0 Å². The van der Waals surface area contributed by atoms with Gasteiger partial charge in [-0.05, 0) is 51.3 Å². The average molecular weight is 263 g/mol. The van der Waals surface area contributed by atoms with Gasteiger partial charge in [0, 0.05) is 12.6 Å². The van der Waals surface area contributed by atoms with Crippen LogP contribution < -0.4 is 5.32 Å². The molecule has 1 atom stereocenters. The second kappa shape index (κ2) is 9.11. The van der Waals surface area contributed by atoms with Crippen LogP contribution in [0, 0.1) is 0 Å². The SMILES string of the molecule is CCCc1ccc(C(C)NCCCOC(C)C)cc1. The van der Waals surface area contributed by atoms with E-state index in [1.165, 1.54) is 24.0 Å². The molecule has 19 heavy (non-hydrogen) atoms. The van der Waals surface area contributed by atoms with Crippen LogP contribution in [0.5, 0.6) is 0 Å². The smallest absolute Gasteiger partial charge is 0.0518 e. The first-order valence-corrected chi connectivity index (χ1v) is 7.57. The number of rotatable bonds is 9. The van der Waals surface area contributed by atoms with E-state index in [-0.39, 0.29) is 0 Å². The molecule has 108 valence electrons. The Hall–Kier alpha value is -0.860. The molecule has 0 saturated heterocycles. The van der Waals surface area contributed by atoms with Crippen LogP contribution in [0.4, 0.5) is 0 Å². The minimum atomic E-state index is 0.337. The Morgan fingerprint density at radius 1 is 1.11 bits per heavy atom. The molecule has 2 nitrogen and oxygen atoms in total.